The zero-order chi connectivity index (χ0) is 27.3. The molecule has 0 saturated heterocycles. The molecule has 1 aromatic carbocycles. The van der Waals surface area contributed by atoms with E-state index >= 15 is 0 Å². The minimum atomic E-state index is -4.17. The van der Waals surface area contributed by atoms with Gasteiger partial charge in [-0.1, -0.05) is 29.3 Å². The number of carbonyl (C=O) groups excluding carboxylic acids is 2. The highest BCUT2D eigenvalue weighted by Gasteiger charge is 2.26. The number of rotatable bonds is 9. The number of ether oxygens (including phenoxy) is 2. The number of nitrogens with zero attached hydrogens (tertiary/aromatic N) is 2. The van der Waals surface area contributed by atoms with Crippen LogP contribution in [0.4, 0.5) is 10.6 Å². The second kappa shape index (κ2) is 12.2. The second-order valence-corrected chi connectivity index (χ2v) is 11.7. The van der Waals surface area contributed by atoms with Gasteiger partial charge in [-0.25, -0.2) is 23.2 Å². The molecule has 0 unspecified atom stereocenters. The molecule has 0 fully saturated rings. The predicted octanol–water partition coefficient (Wildman–Crippen LogP) is 3.63. The van der Waals surface area contributed by atoms with Gasteiger partial charge in [-0.05, 0) is 39.8 Å². The first-order valence-electron chi connectivity index (χ1n) is 10.4. The van der Waals surface area contributed by atoms with Crippen molar-refractivity contribution in [3.63, 3.8) is 0 Å². The van der Waals surface area contributed by atoms with Gasteiger partial charge in [-0.15, -0.1) is 11.8 Å². The monoisotopic (exact) mass is 579 g/mol. The number of hydrogen-bond acceptors (Lipinski definition) is 9. The van der Waals surface area contributed by atoms with E-state index in [-0.39, 0.29) is 32.4 Å². The molecule has 1 atom stereocenters. The molecule has 3 N–H and O–H groups in total. The van der Waals surface area contributed by atoms with Crippen LogP contribution in [0.1, 0.15) is 26.5 Å². The molecule has 1 aromatic heterocycles. The Morgan fingerprint density at radius 3 is 2.44 bits per heavy atom. The highest BCUT2D eigenvalue weighted by Crippen LogP contribution is 2.32. The molecule has 0 aliphatic rings. The van der Waals surface area contributed by atoms with Gasteiger partial charge in [0.1, 0.15) is 21.6 Å². The maximum absolute atomic E-state index is 12.9. The Morgan fingerprint density at radius 1 is 1.19 bits per heavy atom. The molecule has 0 aliphatic carbocycles. The van der Waals surface area contributed by atoms with E-state index in [0.717, 1.165) is 11.8 Å². The molecule has 0 aliphatic heterocycles. The van der Waals surface area contributed by atoms with Gasteiger partial charge >= 0.3 is 6.09 Å². The van der Waals surface area contributed by atoms with Crippen LogP contribution >= 0.6 is 35.0 Å². The van der Waals surface area contributed by atoms with Crippen molar-refractivity contribution in [3.8, 4) is 5.88 Å². The van der Waals surface area contributed by atoms with E-state index in [9.17, 15) is 18.0 Å². The van der Waals surface area contributed by atoms with Crippen LogP contribution in [0.25, 0.3) is 0 Å². The molecule has 198 valence electrons. The number of carbonyl (C=O) groups is 2. The van der Waals surface area contributed by atoms with Crippen molar-refractivity contribution in [2.75, 3.05) is 24.6 Å². The summed E-state index contributed by atoms with van der Waals surface area (Å²) in [6.45, 7) is 6.72. The summed E-state index contributed by atoms with van der Waals surface area (Å²) in [5.41, 5.74) is -0.387. The third kappa shape index (κ3) is 8.02. The molecule has 15 heteroatoms. The minimum Gasteiger partial charge on any atom is -0.478 e. The fraction of sp³-hybridized carbons (Fsp3) is 0.429. The summed E-state index contributed by atoms with van der Waals surface area (Å²) in [5, 5.41) is 5.30. The number of anilines is 1. The first-order valence-corrected chi connectivity index (χ1v) is 13.6. The third-order valence-electron chi connectivity index (χ3n) is 4.27. The van der Waals surface area contributed by atoms with E-state index in [2.05, 4.69) is 25.3 Å². The van der Waals surface area contributed by atoms with E-state index in [1.54, 1.807) is 27.7 Å². The van der Waals surface area contributed by atoms with Gasteiger partial charge < -0.3 is 20.1 Å². The predicted molar refractivity (Wildman–Crippen MR) is 139 cm³/mol. The molecular formula is C21H27Cl2N5O6S2. The number of likely N-dealkylation sites (N-methyl/N-ethyl adjacent to an activating group) is 1. The molecule has 11 nitrogen and oxygen atoms in total. The largest absolute Gasteiger partial charge is 0.478 e. The number of sulfonamides is 1. The Labute approximate surface area is 224 Å². The van der Waals surface area contributed by atoms with Gasteiger partial charge in [0.05, 0.1) is 22.8 Å². The summed E-state index contributed by atoms with van der Waals surface area (Å²) in [6.07, 6.45) is -0.749. The van der Waals surface area contributed by atoms with Crippen LogP contribution in [0.5, 0.6) is 5.88 Å². The lowest BCUT2D eigenvalue weighted by atomic mass is 10.2. The minimum absolute atomic E-state index is 0.0752. The zero-order valence-electron chi connectivity index (χ0n) is 20.4. The molecule has 0 radical (unpaired) electrons. The van der Waals surface area contributed by atoms with Crippen molar-refractivity contribution in [3.05, 3.63) is 33.9 Å². The summed E-state index contributed by atoms with van der Waals surface area (Å²) in [7, 11) is -1.42. The summed E-state index contributed by atoms with van der Waals surface area (Å²) in [6, 6.07) is 3.27. The molecule has 36 heavy (non-hydrogen) atoms. The van der Waals surface area contributed by atoms with Crippen LogP contribution in [-0.2, 0) is 19.6 Å². The number of benzene rings is 1. The quantitative estimate of drug-likeness (QED) is 0.378. The van der Waals surface area contributed by atoms with Crippen LogP contribution in [0.3, 0.4) is 0 Å². The molecule has 0 spiro atoms. The molecule has 2 amide bonds. The number of aromatic nitrogens is 2. The number of thioether (sulfide) groups is 1. The van der Waals surface area contributed by atoms with Gasteiger partial charge in [0.15, 0.2) is 0 Å². The number of hydrogen-bond donors (Lipinski definition) is 3. The highest BCUT2D eigenvalue weighted by molar-refractivity contribution is 7.99. The summed E-state index contributed by atoms with van der Waals surface area (Å²) in [4.78, 5) is 32.8. The van der Waals surface area contributed by atoms with E-state index in [1.807, 2.05) is 0 Å². The van der Waals surface area contributed by atoms with Crippen LogP contribution in [-0.4, -0.2) is 61.9 Å². The van der Waals surface area contributed by atoms with Gasteiger partial charge in [0.25, 0.3) is 15.9 Å². The normalized spacial score (nSPS) is 12.4. The van der Waals surface area contributed by atoms with Gasteiger partial charge in [-0.3, -0.25) is 9.52 Å². The highest BCUT2D eigenvalue weighted by atomic mass is 35.5. The Balaban J connectivity index is 2.26. The van der Waals surface area contributed by atoms with Crippen molar-refractivity contribution in [1.29, 1.82) is 0 Å². The number of halogens is 2. The molecule has 2 rings (SSSR count). The maximum atomic E-state index is 12.9. The van der Waals surface area contributed by atoms with Gasteiger partial charge in [-0.2, -0.15) is 0 Å². The summed E-state index contributed by atoms with van der Waals surface area (Å²) < 4.78 is 38.5. The second-order valence-electron chi connectivity index (χ2n) is 8.25. The first kappa shape index (κ1) is 29.7. The molecule has 0 saturated carbocycles. The Morgan fingerprint density at radius 2 is 1.86 bits per heavy atom. The van der Waals surface area contributed by atoms with Crippen LogP contribution in [0.2, 0.25) is 10.0 Å². The topological polar surface area (TPSA) is 149 Å². The lowest BCUT2D eigenvalue weighted by molar-refractivity contribution is -0.122. The van der Waals surface area contributed by atoms with Gasteiger partial charge in [0, 0.05) is 12.8 Å². The Hall–Kier alpha value is -2.48. The van der Waals surface area contributed by atoms with Crippen molar-refractivity contribution in [1.82, 2.24) is 20.6 Å². The van der Waals surface area contributed by atoms with E-state index in [1.165, 1.54) is 32.4 Å². The van der Waals surface area contributed by atoms with E-state index in [0.29, 0.717) is 10.7 Å². The van der Waals surface area contributed by atoms with Crippen molar-refractivity contribution < 1.29 is 27.5 Å². The average molecular weight is 581 g/mol. The summed E-state index contributed by atoms with van der Waals surface area (Å²) in [5.74, 6) is -0.624. The fourth-order valence-corrected chi connectivity index (χ4v) is 5.40. The van der Waals surface area contributed by atoms with Crippen LogP contribution in [0, 0.1) is 6.92 Å². The number of aryl methyl sites for hydroxylation is 1. The molecule has 2 aromatic rings. The standard InChI is InChI=1S/C21H27Cl2N5O6S2/c1-11-19(35-10-13(17(29)24-5)26-20(30)34-21(2,3)4)27-18(33-6)16(25-11)28-36(31,32)14-9-7-8-12(22)15(14)23/h7-9,13H,10H2,1-6H3,(H,24,29)(H,25,28)(H,26,30)/t13-/m0/s1. The van der Waals surface area contributed by atoms with Crippen LogP contribution < -0.4 is 20.1 Å². The maximum Gasteiger partial charge on any atom is 0.408 e. The van der Waals surface area contributed by atoms with Crippen LogP contribution in [0.15, 0.2) is 28.1 Å². The summed E-state index contributed by atoms with van der Waals surface area (Å²) >= 11 is 13.1. The molecular weight excluding hydrogens is 553 g/mol. The van der Waals surface area contributed by atoms with E-state index < -0.39 is 33.7 Å². The van der Waals surface area contributed by atoms with Gasteiger partial charge in [0.2, 0.25) is 11.7 Å². The number of alkyl carbamates (subject to hydrolysis) is 1. The van der Waals surface area contributed by atoms with Crippen molar-refractivity contribution in [2.24, 2.45) is 0 Å². The van der Waals surface area contributed by atoms with E-state index in [4.69, 9.17) is 32.7 Å². The Bertz CT molecular complexity index is 1240. The van der Waals surface area contributed by atoms with Crippen molar-refractivity contribution in [2.45, 2.75) is 49.3 Å². The lowest BCUT2D eigenvalue weighted by Crippen LogP contribution is -2.48. The Kier molecular flexibility index (Phi) is 10.1. The van der Waals surface area contributed by atoms with Crippen molar-refractivity contribution >= 4 is 62.8 Å². The first-order chi connectivity index (χ1) is 16.7. The molecule has 1 heterocycles. The SMILES string of the molecule is CNC(=O)[C@H](CSc1nc(OC)c(NS(=O)(=O)c2cccc(Cl)c2Cl)nc1C)NC(=O)OC(C)(C)C. The number of amides is 2. The lowest BCUT2D eigenvalue weighted by Gasteiger charge is -2.23. The fourth-order valence-electron chi connectivity index (χ4n) is 2.68. The zero-order valence-corrected chi connectivity index (χ0v) is 23.6. The average Bonchev–Trinajstić information content (AvgIpc) is 2.77. The third-order valence-corrected chi connectivity index (χ3v) is 7.74. The number of nitrogens with one attached hydrogen (secondary N) is 3. The number of methoxy groups -OCH3 is 1. The smallest absolute Gasteiger partial charge is 0.408 e. The molecule has 0 bridgehead atoms.